The molecular weight excluding hydrogens is 689 g/mol. The highest BCUT2D eigenvalue weighted by Crippen LogP contribution is 2.65. The first-order chi connectivity index (χ1) is 24.4. The third-order valence-corrected chi connectivity index (χ3v) is 14.6. The van der Waals surface area contributed by atoms with Crippen molar-refractivity contribution in [2.75, 3.05) is 38.6 Å². The number of urea groups is 1. The molecule has 14 nitrogen and oxygen atoms in total. The van der Waals surface area contributed by atoms with Crippen molar-refractivity contribution < 1.29 is 37.1 Å². The highest BCUT2D eigenvalue weighted by Gasteiger charge is 2.70. The molecule has 6 fully saturated rings. The Morgan fingerprint density at radius 2 is 1.58 bits per heavy atom. The van der Waals surface area contributed by atoms with E-state index in [1.165, 1.54) is 4.31 Å². The van der Waals surface area contributed by atoms with Gasteiger partial charge in [-0.15, -0.1) is 0 Å². The number of ketones is 1. The van der Waals surface area contributed by atoms with E-state index in [1.54, 1.807) is 4.90 Å². The van der Waals surface area contributed by atoms with Crippen molar-refractivity contribution in [3.8, 4) is 0 Å². The van der Waals surface area contributed by atoms with E-state index >= 15 is 0 Å². The van der Waals surface area contributed by atoms with Crippen LogP contribution in [0.5, 0.6) is 0 Å². The van der Waals surface area contributed by atoms with Crippen molar-refractivity contribution in [2.45, 2.75) is 135 Å². The van der Waals surface area contributed by atoms with Gasteiger partial charge in [-0.05, 0) is 67.1 Å². The Kier molecular flexibility index (Phi) is 11.1. The van der Waals surface area contributed by atoms with E-state index in [9.17, 15) is 32.4 Å². The van der Waals surface area contributed by atoms with E-state index in [-0.39, 0.29) is 42.1 Å². The van der Waals surface area contributed by atoms with Crippen LogP contribution in [-0.4, -0.2) is 115 Å². The van der Waals surface area contributed by atoms with Gasteiger partial charge in [0, 0.05) is 25.7 Å². The fourth-order valence-electron chi connectivity index (χ4n) is 8.81. The molecule has 2 saturated heterocycles. The second-order valence-corrected chi connectivity index (χ2v) is 20.1. The molecule has 2 aliphatic heterocycles. The van der Waals surface area contributed by atoms with Crippen LogP contribution in [0.1, 0.15) is 105 Å². The van der Waals surface area contributed by atoms with Crippen LogP contribution in [0.25, 0.3) is 0 Å². The summed E-state index contributed by atoms with van der Waals surface area (Å²) in [5, 5.41) is 11.6. The predicted octanol–water partition coefficient (Wildman–Crippen LogP) is 2.07. The molecule has 6 aliphatic rings. The van der Waals surface area contributed by atoms with Gasteiger partial charge >= 0.3 is 6.03 Å². The summed E-state index contributed by atoms with van der Waals surface area (Å²) in [4.78, 5) is 70.4. The van der Waals surface area contributed by atoms with Crippen LogP contribution in [0.2, 0.25) is 0 Å². The van der Waals surface area contributed by atoms with Crippen molar-refractivity contribution in [1.82, 2.24) is 30.5 Å². The second-order valence-electron chi connectivity index (χ2n) is 18.1. The number of sulfonamides is 1. The third kappa shape index (κ3) is 8.77. The number of fused-ring (bicyclic) bond motifs is 1. The summed E-state index contributed by atoms with van der Waals surface area (Å²) in [6.07, 6.45) is 8.42. The highest BCUT2D eigenvalue weighted by atomic mass is 32.2. The first-order valence-electron chi connectivity index (χ1n) is 19.5. The van der Waals surface area contributed by atoms with Crippen LogP contribution >= 0.6 is 0 Å². The smallest absolute Gasteiger partial charge is 0.315 e. The fraction of sp³-hybridized carbons (Fsp3) is 0.865. The number of ether oxygens (including phenoxy) is 1. The first-order valence-corrected chi connectivity index (χ1v) is 21.1. The zero-order valence-corrected chi connectivity index (χ0v) is 32.4. The van der Waals surface area contributed by atoms with Gasteiger partial charge < -0.3 is 30.9 Å². The molecule has 5 amide bonds. The van der Waals surface area contributed by atoms with Gasteiger partial charge in [-0.25, -0.2) is 13.2 Å². The van der Waals surface area contributed by atoms with Gasteiger partial charge in [-0.2, -0.15) is 4.31 Å². The number of carbonyl (C=O) groups excluding carboxylic acids is 5. The Morgan fingerprint density at radius 1 is 0.923 bits per heavy atom. The van der Waals surface area contributed by atoms with Crippen molar-refractivity contribution in [1.29, 1.82) is 0 Å². The zero-order valence-electron chi connectivity index (χ0n) is 31.6. The van der Waals surface area contributed by atoms with Gasteiger partial charge in [0.25, 0.3) is 5.91 Å². The minimum absolute atomic E-state index is 0.00777. The van der Waals surface area contributed by atoms with E-state index in [0.717, 1.165) is 51.4 Å². The standard InChI is InChI=1S/C37H60N6O8S/c1-35(2,3)30(40-34(48)41-37(15-7-6-8-16-37)22-52(49,50)42-17-19-51-20-18-42)33(47)43-21-25-27(36(25,4)5)28(43)31(45)39-26(14-11-23-9-10-23)29(44)32(46)38-24-12-13-24/h23-28,30H,6-22H2,1-5H3,(H,38,46)(H,39,45)(H2,40,41,48)/t25-,26-,27-,28-,30+/m0/s1. The average Bonchev–Trinajstić information content (AvgIpc) is 4.04. The van der Waals surface area contributed by atoms with Gasteiger partial charge in [0.15, 0.2) is 0 Å². The lowest BCUT2D eigenvalue weighted by molar-refractivity contribution is -0.145. The van der Waals surface area contributed by atoms with Crippen LogP contribution in [0.3, 0.4) is 0 Å². The summed E-state index contributed by atoms with van der Waals surface area (Å²) < 4.78 is 33.8. The summed E-state index contributed by atoms with van der Waals surface area (Å²) in [5.41, 5.74) is -1.95. The maximum Gasteiger partial charge on any atom is 0.315 e. The SMILES string of the molecule is CC(C)(C)[C@H](NC(=O)NC1(CS(=O)(=O)N2CCOCC2)CCCCC1)C(=O)N1C[C@H]2[C@@H]([C@H]1C(=O)N[C@@H](CCC1CC1)C(=O)C(=O)NC1CC1)C2(C)C. The number of rotatable bonds is 14. The summed E-state index contributed by atoms with van der Waals surface area (Å²) in [5.74, 6) is -1.99. The number of nitrogens with zero attached hydrogens (tertiary/aromatic N) is 2. The van der Waals surface area contributed by atoms with Gasteiger partial charge in [0.05, 0.1) is 30.5 Å². The second kappa shape index (κ2) is 14.8. The number of carbonyl (C=O) groups is 5. The Hall–Kier alpha value is -2.78. The number of hydrogen-bond acceptors (Lipinski definition) is 8. The number of hydrogen-bond donors (Lipinski definition) is 4. The molecule has 0 bridgehead atoms. The number of likely N-dealkylation sites (tertiary alicyclic amines) is 1. The van der Waals surface area contributed by atoms with Crippen molar-refractivity contribution >= 4 is 39.6 Å². The Labute approximate surface area is 308 Å². The van der Waals surface area contributed by atoms with E-state index in [0.29, 0.717) is 44.9 Å². The van der Waals surface area contributed by atoms with Gasteiger partial charge in [-0.3, -0.25) is 19.2 Å². The molecule has 0 unspecified atom stereocenters. The van der Waals surface area contributed by atoms with E-state index < -0.39 is 68.6 Å². The monoisotopic (exact) mass is 748 g/mol. The fourth-order valence-corrected chi connectivity index (χ4v) is 10.8. The van der Waals surface area contributed by atoms with Crippen molar-refractivity contribution in [3.63, 3.8) is 0 Å². The van der Waals surface area contributed by atoms with Crippen LogP contribution in [0.15, 0.2) is 0 Å². The molecule has 4 saturated carbocycles. The Balaban J connectivity index is 1.17. The van der Waals surface area contributed by atoms with Gasteiger partial charge in [0.2, 0.25) is 27.6 Å². The molecule has 4 aliphatic carbocycles. The molecule has 52 heavy (non-hydrogen) atoms. The Bertz CT molecular complexity index is 1510. The minimum atomic E-state index is -3.69. The lowest BCUT2D eigenvalue weighted by Crippen LogP contribution is -2.64. The number of morpholine rings is 1. The average molecular weight is 749 g/mol. The topological polar surface area (TPSA) is 183 Å². The molecule has 0 aromatic rings. The predicted molar refractivity (Wildman–Crippen MR) is 193 cm³/mol. The van der Waals surface area contributed by atoms with E-state index in [4.69, 9.17) is 4.74 Å². The first kappa shape index (κ1) is 38.9. The maximum absolute atomic E-state index is 14.6. The summed E-state index contributed by atoms with van der Waals surface area (Å²) in [6.45, 7) is 11.2. The molecule has 0 spiro atoms. The molecule has 2 heterocycles. The van der Waals surface area contributed by atoms with Crippen LogP contribution in [0.4, 0.5) is 4.79 Å². The molecule has 6 rings (SSSR count). The van der Waals surface area contributed by atoms with Crippen LogP contribution in [0, 0.1) is 28.6 Å². The molecular formula is C37H60N6O8S. The molecule has 0 aromatic carbocycles. The molecule has 15 heteroatoms. The summed E-state index contributed by atoms with van der Waals surface area (Å²) >= 11 is 0. The van der Waals surface area contributed by atoms with Crippen LogP contribution < -0.4 is 21.3 Å². The zero-order chi connectivity index (χ0) is 37.6. The number of amides is 5. The molecule has 0 radical (unpaired) electrons. The number of Topliss-reactive ketones (excluding diaryl/α,β-unsaturated/α-hetero) is 1. The maximum atomic E-state index is 14.6. The molecule has 4 N–H and O–H groups in total. The lowest BCUT2D eigenvalue weighted by atomic mass is 9.83. The summed E-state index contributed by atoms with van der Waals surface area (Å²) in [6, 6.07) is -3.49. The third-order valence-electron chi connectivity index (χ3n) is 12.5. The lowest BCUT2D eigenvalue weighted by Gasteiger charge is -2.41. The van der Waals surface area contributed by atoms with Gasteiger partial charge in [-0.1, -0.05) is 66.7 Å². The van der Waals surface area contributed by atoms with Crippen LogP contribution in [-0.2, 0) is 33.9 Å². The van der Waals surface area contributed by atoms with Crippen molar-refractivity contribution in [2.24, 2.45) is 28.6 Å². The Morgan fingerprint density at radius 3 is 2.17 bits per heavy atom. The normalized spacial score (nSPS) is 28.2. The van der Waals surface area contributed by atoms with E-state index in [2.05, 4.69) is 35.1 Å². The molecule has 5 atom stereocenters. The van der Waals surface area contributed by atoms with Gasteiger partial charge in [0.1, 0.15) is 12.1 Å². The molecule has 0 aromatic heterocycles. The number of piperidine rings is 1. The summed E-state index contributed by atoms with van der Waals surface area (Å²) in [7, 11) is -3.69. The minimum Gasteiger partial charge on any atom is -0.379 e. The molecule has 292 valence electrons. The highest BCUT2D eigenvalue weighted by molar-refractivity contribution is 7.89. The number of nitrogens with one attached hydrogen (secondary N) is 4. The largest absolute Gasteiger partial charge is 0.379 e. The van der Waals surface area contributed by atoms with Crippen molar-refractivity contribution in [3.05, 3.63) is 0 Å². The quantitative estimate of drug-likeness (QED) is 0.195. The van der Waals surface area contributed by atoms with E-state index in [1.807, 2.05) is 20.8 Å².